The first-order chi connectivity index (χ1) is 12.1. The maximum absolute atomic E-state index is 12.4. The van der Waals surface area contributed by atoms with Crippen LogP contribution in [0.1, 0.15) is 43.8 Å². The molecule has 26 heavy (non-hydrogen) atoms. The molecule has 3 N–H and O–H groups in total. The van der Waals surface area contributed by atoms with E-state index in [4.69, 9.17) is 0 Å². The van der Waals surface area contributed by atoms with Crippen LogP contribution >= 0.6 is 12.4 Å². The summed E-state index contributed by atoms with van der Waals surface area (Å²) in [4.78, 5) is 35.3. The number of halogens is 1. The molecule has 0 radical (unpaired) electrons. The molecule has 1 aromatic heterocycles. The van der Waals surface area contributed by atoms with Gasteiger partial charge in [0.1, 0.15) is 0 Å². The first-order valence-corrected chi connectivity index (χ1v) is 8.99. The summed E-state index contributed by atoms with van der Waals surface area (Å²) in [5, 5.41) is 9.10. The summed E-state index contributed by atoms with van der Waals surface area (Å²) < 4.78 is 1.89. The molecule has 2 aliphatic heterocycles. The minimum Gasteiger partial charge on any atom is -0.356 e. The molecule has 1 fully saturated rings. The molecular weight excluding hydrogens is 356 g/mol. The molecule has 3 heterocycles. The number of nitrogens with one attached hydrogen (secondary N) is 3. The minimum atomic E-state index is -0.0852. The Bertz CT molecular complexity index is 706. The van der Waals surface area contributed by atoms with E-state index in [0.717, 1.165) is 25.2 Å². The number of fused-ring (bicyclic) bond motifs is 4. The van der Waals surface area contributed by atoms with Crippen LogP contribution in [0.25, 0.3) is 0 Å². The Morgan fingerprint density at radius 1 is 1.27 bits per heavy atom. The molecule has 3 atom stereocenters. The average molecular weight is 383 g/mol. The number of aromatic nitrogens is 1. The van der Waals surface area contributed by atoms with Gasteiger partial charge in [-0.1, -0.05) is 6.07 Å². The maximum atomic E-state index is 12.4. The van der Waals surface area contributed by atoms with E-state index in [-0.39, 0.29) is 35.8 Å². The Morgan fingerprint density at radius 2 is 2.08 bits per heavy atom. The molecule has 1 saturated heterocycles. The number of rotatable bonds is 6. The molecular formula is C18H27ClN4O3. The third kappa shape index (κ3) is 4.65. The summed E-state index contributed by atoms with van der Waals surface area (Å²) in [5.41, 5.74) is 1.08. The van der Waals surface area contributed by atoms with Crippen molar-refractivity contribution in [1.82, 2.24) is 20.5 Å². The lowest BCUT2D eigenvalue weighted by molar-refractivity contribution is -0.122. The van der Waals surface area contributed by atoms with Crippen LogP contribution in [-0.2, 0) is 9.59 Å². The highest BCUT2D eigenvalue weighted by molar-refractivity contribution is 5.85. The second-order valence-corrected chi connectivity index (χ2v) is 6.97. The summed E-state index contributed by atoms with van der Waals surface area (Å²) in [5.74, 6) is 0.600. The number of pyridine rings is 1. The second kappa shape index (κ2) is 9.19. The summed E-state index contributed by atoms with van der Waals surface area (Å²) in [7, 11) is 0. The van der Waals surface area contributed by atoms with Crippen molar-refractivity contribution in [3.8, 4) is 0 Å². The Hall–Kier alpha value is -1.86. The Labute approximate surface area is 159 Å². The molecule has 2 amide bonds. The van der Waals surface area contributed by atoms with Gasteiger partial charge in [-0.2, -0.15) is 0 Å². The third-order valence-corrected chi connectivity index (χ3v) is 5.16. The summed E-state index contributed by atoms with van der Waals surface area (Å²) in [6, 6.07) is 5.44. The summed E-state index contributed by atoms with van der Waals surface area (Å²) in [6.07, 6.45) is 2.04. The van der Waals surface area contributed by atoms with Gasteiger partial charge in [0.15, 0.2) is 0 Å². The van der Waals surface area contributed by atoms with Crippen LogP contribution in [0, 0.1) is 5.92 Å². The quantitative estimate of drug-likeness (QED) is 0.626. The normalized spacial score (nSPS) is 23.3. The monoisotopic (exact) mass is 382 g/mol. The smallest absolute Gasteiger partial charge is 0.251 e. The summed E-state index contributed by atoms with van der Waals surface area (Å²) in [6.45, 7) is 4.21. The van der Waals surface area contributed by atoms with Gasteiger partial charge < -0.3 is 20.5 Å². The Balaban J connectivity index is 0.00000243. The fourth-order valence-electron chi connectivity index (χ4n) is 3.99. The number of piperidine rings is 1. The maximum Gasteiger partial charge on any atom is 0.251 e. The molecule has 3 rings (SSSR count). The molecule has 2 bridgehead atoms. The van der Waals surface area contributed by atoms with Gasteiger partial charge in [-0.3, -0.25) is 14.4 Å². The van der Waals surface area contributed by atoms with Gasteiger partial charge in [0.25, 0.3) is 5.56 Å². The van der Waals surface area contributed by atoms with E-state index in [9.17, 15) is 14.4 Å². The second-order valence-electron chi connectivity index (χ2n) is 6.97. The molecule has 8 heteroatoms. The van der Waals surface area contributed by atoms with Gasteiger partial charge in [0.2, 0.25) is 11.8 Å². The predicted molar refractivity (Wildman–Crippen MR) is 102 cm³/mol. The van der Waals surface area contributed by atoms with E-state index in [1.807, 2.05) is 16.7 Å². The Kier molecular flexibility index (Phi) is 7.23. The van der Waals surface area contributed by atoms with Gasteiger partial charge >= 0.3 is 0 Å². The lowest BCUT2D eigenvalue weighted by Crippen LogP contribution is -2.50. The zero-order valence-electron chi connectivity index (χ0n) is 15.0. The molecule has 0 saturated carbocycles. The van der Waals surface area contributed by atoms with Crippen molar-refractivity contribution in [3.63, 3.8) is 0 Å². The topological polar surface area (TPSA) is 92.2 Å². The van der Waals surface area contributed by atoms with Crippen molar-refractivity contribution in [3.05, 3.63) is 34.2 Å². The van der Waals surface area contributed by atoms with Gasteiger partial charge in [-0.25, -0.2) is 0 Å². The SMILES string of the molecule is CC(=O)NCCCC(=O)NC[C@H]1[C@@H]2CNC[C@@H](C2)c2cccc(=O)n21.Cl. The first kappa shape index (κ1) is 20.5. The van der Waals surface area contributed by atoms with Gasteiger partial charge in [0.05, 0.1) is 6.04 Å². The molecule has 144 valence electrons. The summed E-state index contributed by atoms with van der Waals surface area (Å²) >= 11 is 0. The number of amides is 2. The van der Waals surface area contributed by atoms with Crippen LogP contribution in [0.5, 0.6) is 0 Å². The van der Waals surface area contributed by atoms with Crippen molar-refractivity contribution < 1.29 is 9.59 Å². The van der Waals surface area contributed by atoms with E-state index in [2.05, 4.69) is 16.0 Å². The molecule has 0 unspecified atom stereocenters. The number of carbonyl (C=O) groups is 2. The highest BCUT2D eigenvalue weighted by Gasteiger charge is 2.37. The third-order valence-electron chi connectivity index (χ3n) is 5.16. The first-order valence-electron chi connectivity index (χ1n) is 8.99. The van der Waals surface area contributed by atoms with E-state index in [1.54, 1.807) is 6.07 Å². The highest BCUT2D eigenvalue weighted by atomic mass is 35.5. The van der Waals surface area contributed by atoms with Crippen LogP contribution in [0.3, 0.4) is 0 Å². The fourth-order valence-corrected chi connectivity index (χ4v) is 3.99. The largest absolute Gasteiger partial charge is 0.356 e. The van der Waals surface area contributed by atoms with Crippen LogP contribution in [0.2, 0.25) is 0 Å². The standard InChI is InChI=1S/C18H26N4O3.ClH/c1-12(23)20-7-3-5-17(24)21-11-16-14-8-13(9-19-10-14)15-4-2-6-18(25)22(15)16;/h2,4,6,13-14,16,19H,3,5,7-11H2,1H3,(H,20,23)(H,21,24);1H/t13-,14+,16+;/m1./s1. The number of nitrogens with zero attached hydrogens (tertiary/aromatic N) is 1. The highest BCUT2D eigenvalue weighted by Crippen LogP contribution is 2.37. The molecule has 7 nitrogen and oxygen atoms in total. The van der Waals surface area contributed by atoms with E-state index < -0.39 is 0 Å². The van der Waals surface area contributed by atoms with E-state index in [0.29, 0.717) is 37.8 Å². The van der Waals surface area contributed by atoms with Gasteiger partial charge in [-0.15, -0.1) is 12.4 Å². The number of hydrogen-bond donors (Lipinski definition) is 3. The average Bonchev–Trinajstić information content (AvgIpc) is 2.59. The lowest BCUT2D eigenvalue weighted by atomic mass is 9.79. The lowest BCUT2D eigenvalue weighted by Gasteiger charge is -2.43. The van der Waals surface area contributed by atoms with Crippen molar-refractivity contribution in [2.75, 3.05) is 26.2 Å². The van der Waals surface area contributed by atoms with E-state index in [1.165, 1.54) is 6.92 Å². The molecule has 1 aromatic rings. The van der Waals surface area contributed by atoms with Crippen LogP contribution in [0.4, 0.5) is 0 Å². The number of hydrogen-bond acceptors (Lipinski definition) is 4. The van der Waals surface area contributed by atoms with Crippen molar-refractivity contribution in [1.29, 1.82) is 0 Å². The van der Waals surface area contributed by atoms with Crippen molar-refractivity contribution in [2.45, 2.75) is 38.1 Å². The van der Waals surface area contributed by atoms with Gasteiger partial charge in [-0.05, 0) is 24.8 Å². The van der Waals surface area contributed by atoms with Gasteiger partial charge in [0, 0.05) is 57.2 Å². The molecule has 0 spiro atoms. The molecule has 0 aromatic carbocycles. The van der Waals surface area contributed by atoms with E-state index >= 15 is 0 Å². The van der Waals surface area contributed by atoms with Crippen molar-refractivity contribution >= 4 is 24.2 Å². The van der Waals surface area contributed by atoms with Crippen LogP contribution < -0.4 is 21.5 Å². The predicted octanol–water partition coefficient (Wildman–Crippen LogP) is 0.550. The zero-order valence-corrected chi connectivity index (χ0v) is 15.8. The minimum absolute atomic E-state index is 0. The molecule has 0 aliphatic carbocycles. The number of carbonyl (C=O) groups excluding carboxylic acids is 2. The van der Waals surface area contributed by atoms with Crippen molar-refractivity contribution in [2.24, 2.45) is 5.92 Å². The van der Waals surface area contributed by atoms with Crippen LogP contribution in [-0.4, -0.2) is 42.6 Å². The zero-order chi connectivity index (χ0) is 17.8. The van der Waals surface area contributed by atoms with Crippen LogP contribution in [0.15, 0.2) is 23.0 Å². The Morgan fingerprint density at radius 3 is 2.85 bits per heavy atom. The fraction of sp³-hybridized carbons (Fsp3) is 0.611. The molecule has 2 aliphatic rings.